The third-order valence-electron chi connectivity index (χ3n) is 0.484. The van der Waals surface area contributed by atoms with Gasteiger partial charge >= 0.3 is 18.9 Å². The van der Waals surface area contributed by atoms with Crippen molar-refractivity contribution < 1.29 is 5.11 Å². The fraction of sp³-hybridized carbons (Fsp3) is 0. The summed E-state index contributed by atoms with van der Waals surface area (Å²) in [5, 5.41) is 8.31. The van der Waals surface area contributed by atoms with Crippen molar-refractivity contribution in [2.24, 2.45) is 0 Å². The van der Waals surface area contributed by atoms with Crippen molar-refractivity contribution in [3.63, 3.8) is 0 Å². The van der Waals surface area contributed by atoms with E-state index in [1.807, 2.05) is 0 Å². The number of nitrogens with zero attached hydrogens (tertiary/aromatic N) is 1. The predicted molar refractivity (Wildman–Crippen MR) is 27.4 cm³/mol. The fourth-order valence-electron chi connectivity index (χ4n) is 0.257. The number of nitrogens with one attached hydrogen (secondary N) is 1. The van der Waals surface area contributed by atoms with Gasteiger partial charge in [0.15, 0.2) is 0 Å². The summed E-state index contributed by atoms with van der Waals surface area (Å²) in [6.45, 7) is 0. The topological polar surface area (TPSA) is 48.9 Å². The Labute approximate surface area is 53.0 Å². The maximum atomic E-state index is 8.31. The van der Waals surface area contributed by atoms with Gasteiger partial charge in [0.05, 0.1) is 0 Å². The molecule has 1 heterocycles. The molecule has 0 saturated carbocycles. The Kier molecular flexibility index (Phi) is 2.57. The minimum atomic E-state index is -0.0324. The fourth-order valence-corrected chi connectivity index (χ4v) is 0.257. The molecule has 2 N–H and O–H groups in total. The molecule has 0 aromatic carbocycles. The number of aromatic amines is 1. The molecule has 0 atom stereocenters. The van der Waals surface area contributed by atoms with Gasteiger partial charge in [-0.15, -0.1) is 0 Å². The number of aromatic hydroxyl groups is 1. The Bertz CT molecular complexity index is 116. The summed E-state index contributed by atoms with van der Waals surface area (Å²) in [5.74, 6) is 0. The number of rotatable bonds is 0. The number of imidazole rings is 1. The van der Waals surface area contributed by atoms with Crippen LogP contribution in [0.3, 0.4) is 0 Å². The van der Waals surface area contributed by atoms with Crippen LogP contribution in [-0.2, 0) is 0 Å². The van der Waals surface area contributed by atoms with Crippen molar-refractivity contribution in [2.45, 2.75) is 0 Å². The average Bonchev–Trinajstić information content (AvgIpc) is 1.86. The van der Waals surface area contributed by atoms with Gasteiger partial charge in [-0.2, -0.15) is 0 Å². The van der Waals surface area contributed by atoms with Crippen molar-refractivity contribution in [1.82, 2.24) is 9.97 Å². The van der Waals surface area contributed by atoms with Gasteiger partial charge in [-0.05, 0) is 0 Å². The Morgan fingerprint density at radius 1 is 1.71 bits per heavy atom. The summed E-state index contributed by atoms with van der Waals surface area (Å²) in [4.78, 5) is 5.86. The van der Waals surface area contributed by atoms with Crippen LogP contribution in [0.1, 0.15) is 0 Å². The van der Waals surface area contributed by atoms with E-state index in [0.717, 1.165) is 0 Å². The van der Waals surface area contributed by atoms with E-state index in [1.165, 1.54) is 6.20 Å². The van der Waals surface area contributed by atoms with Crippen molar-refractivity contribution >= 4 is 18.9 Å². The normalized spacial score (nSPS) is 7.43. The molecule has 0 aliphatic carbocycles. The number of hydrogen-bond donors (Lipinski definition) is 2. The monoisotopic (exact) mass is 92.1 g/mol. The molecule has 0 spiro atoms. The molecule has 1 rings (SSSR count). The van der Waals surface area contributed by atoms with E-state index in [9.17, 15) is 0 Å². The molecule has 0 aliphatic heterocycles. The molecule has 1 aromatic rings. The first-order valence-electron chi connectivity index (χ1n) is 1.58. The summed E-state index contributed by atoms with van der Waals surface area (Å²) in [7, 11) is 0. The summed E-state index contributed by atoms with van der Waals surface area (Å²) in [6, 6.07) is -0.0324. The summed E-state index contributed by atoms with van der Waals surface area (Å²) < 4.78 is 0. The van der Waals surface area contributed by atoms with E-state index in [1.54, 1.807) is 6.20 Å². The molecular formula is C3H5LiN2O. The first-order chi connectivity index (χ1) is 2.89. The standard InChI is InChI=1S/C3H4N2O.Li.H/c6-3-4-1-2-5-3;;/h1-2H,(H2,4,5,6);;. The van der Waals surface area contributed by atoms with Crippen molar-refractivity contribution in [3.05, 3.63) is 12.4 Å². The average molecular weight is 92.0 g/mol. The zero-order chi connectivity index (χ0) is 4.41. The molecule has 3 nitrogen and oxygen atoms in total. The predicted octanol–water partition coefficient (Wildman–Crippen LogP) is -0.533. The Balaban J connectivity index is 0.000000360. The van der Waals surface area contributed by atoms with Gasteiger partial charge in [0.25, 0.3) is 6.01 Å². The molecule has 0 fully saturated rings. The minimum absolute atomic E-state index is 0. The van der Waals surface area contributed by atoms with Crippen molar-refractivity contribution in [2.75, 3.05) is 0 Å². The van der Waals surface area contributed by atoms with E-state index >= 15 is 0 Å². The third kappa shape index (κ3) is 1.67. The van der Waals surface area contributed by atoms with Gasteiger partial charge in [-0.25, -0.2) is 4.98 Å². The van der Waals surface area contributed by atoms with Gasteiger partial charge in [0, 0.05) is 12.4 Å². The molecule has 7 heavy (non-hydrogen) atoms. The van der Waals surface area contributed by atoms with E-state index in [0.29, 0.717) is 0 Å². The first kappa shape index (κ1) is 6.61. The Morgan fingerprint density at radius 2 is 2.43 bits per heavy atom. The molecule has 0 radical (unpaired) electrons. The van der Waals surface area contributed by atoms with Crippen LogP contribution in [0.5, 0.6) is 6.01 Å². The second kappa shape index (κ2) is 2.73. The van der Waals surface area contributed by atoms with Crippen LogP contribution in [0.25, 0.3) is 0 Å². The molecule has 0 bridgehead atoms. The van der Waals surface area contributed by atoms with Crippen molar-refractivity contribution in [1.29, 1.82) is 0 Å². The van der Waals surface area contributed by atoms with Gasteiger partial charge in [-0.1, -0.05) is 0 Å². The van der Waals surface area contributed by atoms with Gasteiger partial charge < -0.3 is 10.1 Å². The van der Waals surface area contributed by atoms with Crippen LogP contribution in [0.4, 0.5) is 0 Å². The van der Waals surface area contributed by atoms with Crippen molar-refractivity contribution in [3.8, 4) is 6.01 Å². The zero-order valence-corrected chi connectivity index (χ0v) is 3.05. The molecule has 0 saturated heterocycles. The molecule has 1 aromatic heterocycles. The molecule has 0 aliphatic rings. The van der Waals surface area contributed by atoms with E-state index in [4.69, 9.17) is 5.11 Å². The summed E-state index contributed by atoms with van der Waals surface area (Å²) in [5.41, 5.74) is 0. The van der Waals surface area contributed by atoms with E-state index in [-0.39, 0.29) is 24.9 Å². The first-order valence-corrected chi connectivity index (χ1v) is 1.58. The molecular weight excluding hydrogens is 87.0 g/mol. The van der Waals surface area contributed by atoms with Gasteiger partial charge in [-0.3, -0.25) is 0 Å². The Morgan fingerprint density at radius 3 is 2.57 bits per heavy atom. The SMILES string of the molecule is Oc1ncc[nH]1.[LiH]. The number of aromatic nitrogens is 2. The van der Waals surface area contributed by atoms with Crippen LogP contribution in [-0.4, -0.2) is 33.9 Å². The van der Waals surface area contributed by atoms with Crippen LogP contribution >= 0.6 is 0 Å². The molecule has 34 valence electrons. The van der Waals surface area contributed by atoms with Crippen LogP contribution in [0.2, 0.25) is 0 Å². The van der Waals surface area contributed by atoms with E-state index < -0.39 is 0 Å². The Hall–Kier alpha value is -0.393. The molecule has 4 heteroatoms. The molecule has 0 amide bonds. The third-order valence-corrected chi connectivity index (χ3v) is 0.484. The number of H-pyrrole nitrogens is 1. The quantitative estimate of drug-likeness (QED) is 0.422. The van der Waals surface area contributed by atoms with Crippen LogP contribution < -0.4 is 0 Å². The van der Waals surface area contributed by atoms with Crippen LogP contribution in [0, 0.1) is 0 Å². The van der Waals surface area contributed by atoms with E-state index in [2.05, 4.69) is 9.97 Å². The second-order valence-corrected chi connectivity index (χ2v) is 0.913. The zero-order valence-electron chi connectivity index (χ0n) is 3.05. The maximum absolute atomic E-state index is 8.31. The summed E-state index contributed by atoms with van der Waals surface area (Å²) in [6.07, 6.45) is 3.03. The number of hydrogen-bond acceptors (Lipinski definition) is 2. The van der Waals surface area contributed by atoms with Gasteiger partial charge in [0.1, 0.15) is 0 Å². The van der Waals surface area contributed by atoms with Crippen LogP contribution in [0.15, 0.2) is 12.4 Å². The summed E-state index contributed by atoms with van der Waals surface area (Å²) >= 11 is 0. The molecule has 0 unspecified atom stereocenters. The van der Waals surface area contributed by atoms with Gasteiger partial charge in [0.2, 0.25) is 0 Å². The second-order valence-electron chi connectivity index (χ2n) is 0.913.